The van der Waals surface area contributed by atoms with E-state index in [0.29, 0.717) is 112 Å². The van der Waals surface area contributed by atoms with Gasteiger partial charge in [0.1, 0.15) is 0 Å². The van der Waals surface area contributed by atoms with E-state index < -0.39 is 5.97 Å². The average molecular weight is 630 g/mol. The maximum Gasteiger partial charge on any atom is 0.305 e. The Kier molecular flexibility index (Phi) is 28.8. The molecule has 1 heterocycles. The minimum atomic E-state index is -0.873. The average Bonchev–Trinajstić information content (AvgIpc) is 3.48. The molecule has 14 heteroatoms. The molecule has 0 aromatic heterocycles. The van der Waals surface area contributed by atoms with Gasteiger partial charge in [-0.05, 0) is 19.3 Å². The van der Waals surface area contributed by atoms with Gasteiger partial charge in [0, 0.05) is 24.0 Å². The zero-order chi connectivity index (χ0) is 29.5. The van der Waals surface area contributed by atoms with Crippen LogP contribution in [-0.4, -0.2) is 140 Å². The zero-order valence-electron chi connectivity index (χ0n) is 24.4. The van der Waals surface area contributed by atoms with Gasteiger partial charge in [-0.1, -0.05) is 28.0 Å². The van der Waals surface area contributed by atoms with E-state index in [-0.39, 0.29) is 18.9 Å². The standard InChI is InChI=1S/C27H51NO11S2/c29-26(4-2-1-3-25-6-24-40-41-25)28-7-9-33-11-13-35-15-17-37-19-21-39-23-22-38-20-18-36-16-14-34-12-10-32-8-5-27(30)31/h25H,1-24H2,(H,28,29)(H,30,31). The third kappa shape index (κ3) is 29.2. The number of unbranched alkanes of at least 4 members (excludes halogenated alkanes) is 1. The summed E-state index contributed by atoms with van der Waals surface area (Å²) in [5, 5.41) is 12.2. The van der Waals surface area contributed by atoms with Crippen molar-refractivity contribution >= 4 is 33.5 Å². The van der Waals surface area contributed by atoms with E-state index in [1.54, 1.807) is 0 Å². The molecule has 0 radical (unpaired) electrons. The van der Waals surface area contributed by atoms with Crippen LogP contribution in [0.4, 0.5) is 0 Å². The van der Waals surface area contributed by atoms with Gasteiger partial charge >= 0.3 is 5.97 Å². The first-order valence-corrected chi connectivity index (χ1v) is 17.0. The number of aliphatic carboxylic acids is 1. The largest absolute Gasteiger partial charge is 0.481 e. The Morgan fingerprint density at radius 3 is 1.46 bits per heavy atom. The van der Waals surface area contributed by atoms with E-state index in [2.05, 4.69) is 5.32 Å². The molecule has 0 bridgehead atoms. The summed E-state index contributed by atoms with van der Waals surface area (Å²) in [6.07, 6.45) is 5.20. The van der Waals surface area contributed by atoms with Crippen LogP contribution in [0, 0.1) is 0 Å². The second kappa shape index (κ2) is 30.8. The summed E-state index contributed by atoms with van der Waals surface area (Å²) >= 11 is 0. The molecule has 1 unspecified atom stereocenters. The highest BCUT2D eigenvalue weighted by Crippen LogP contribution is 2.39. The monoisotopic (exact) mass is 629 g/mol. The van der Waals surface area contributed by atoms with E-state index in [1.807, 2.05) is 21.6 Å². The van der Waals surface area contributed by atoms with Crippen LogP contribution >= 0.6 is 21.6 Å². The fourth-order valence-corrected chi connectivity index (χ4v) is 6.40. The Labute approximate surface area is 252 Å². The Bertz CT molecular complexity index is 602. The minimum absolute atomic E-state index is 0.000736. The molecule has 1 amide bonds. The van der Waals surface area contributed by atoms with Crippen LogP contribution in [0.3, 0.4) is 0 Å². The molecule has 1 aliphatic heterocycles. The first kappa shape index (κ1) is 38.3. The van der Waals surface area contributed by atoms with Gasteiger partial charge in [-0.2, -0.15) is 0 Å². The molecule has 0 spiro atoms. The van der Waals surface area contributed by atoms with E-state index in [4.69, 9.17) is 43.0 Å². The Morgan fingerprint density at radius 2 is 1.05 bits per heavy atom. The Hall–Kier alpha value is -0.680. The first-order valence-electron chi connectivity index (χ1n) is 14.6. The number of nitrogens with one attached hydrogen (secondary N) is 1. The van der Waals surface area contributed by atoms with Crippen LogP contribution < -0.4 is 5.32 Å². The maximum atomic E-state index is 11.8. The van der Waals surface area contributed by atoms with Crippen molar-refractivity contribution < 1.29 is 52.6 Å². The molecule has 242 valence electrons. The van der Waals surface area contributed by atoms with Crippen LogP contribution in [0.1, 0.15) is 38.5 Å². The number of ether oxygens (including phenoxy) is 8. The fourth-order valence-electron chi connectivity index (χ4n) is 3.37. The lowest BCUT2D eigenvalue weighted by molar-refractivity contribution is -0.138. The lowest BCUT2D eigenvalue weighted by Gasteiger charge is -2.09. The van der Waals surface area contributed by atoms with E-state index in [0.717, 1.165) is 18.1 Å². The smallest absolute Gasteiger partial charge is 0.305 e. The molecule has 1 aliphatic rings. The molecular formula is C27H51NO11S2. The molecule has 0 aromatic carbocycles. The van der Waals surface area contributed by atoms with Crippen molar-refractivity contribution in [1.29, 1.82) is 0 Å². The molecule has 1 saturated heterocycles. The molecule has 0 aromatic rings. The second-order valence-corrected chi connectivity index (χ2v) is 11.8. The highest BCUT2D eigenvalue weighted by Gasteiger charge is 2.15. The van der Waals surface area contributed by atoms with E-state index >= 15 is 0 Å². The summed E-state index contributed by atoms with van der Waals surface area (Å²) < 4.78 is 43.1. The number of amides is 1. The number of hydrogen-bond acceptors (Lipinski definition) is 12. The molecular weight excluding hydrogens is 578 g/mol. The third-order valence-corrected chi connectivity index (χ3v) is 8.55. The van der Waals surface area contributed by atoms with Crippen molar-refractivity contribution in [3.8, 4) is 0 Å². The summed E-state index contributed by atoms with van der Waals surface area (Å²) in [6.45, 7) is 7.77. The topological polar surface area (TPSA) is 140 Å². The van der Waals surface area contributed by atoms with E-state index in [9.17, 15) is 9.59 Å². The Morgan fingerprint density at radius 1 is 0.610 bits per heavy atom. The quantitative estimate of drug-likeness (QED) is 0.0832. The van der Waals surface area contributed by atoms with Crippen LogP contribution in [-0.2, 0) is 47.5 Å². The minimum Gasteiger partial charge on any atom is -0.481 e. The lowest BCUT2D eigenvalue weighted by atomic mass is 10.1. The van der Waals surface area contributed by atoms with Gasteiger partial charge in [0.05, 0.1) is 112 Å². The summed E-state index contributed by atoms with van der Waals surface area (Å²) in [5.41, 5.74) is 0. The zero-order valence-corrected chi connectivity index (χ0v) is 26.0. The third-order valence-electron chi connectivity index (χ3n) is 5.54. The van der Waals surface area contributed by atoms with Gasteiger partial charge in [-0.15, -0.1) is 0 Å². The number of carbonyl (C=O) groups is 2. The summed E-state index contributed by atoms with van der Waals surface area (Å²) in [6, 6.07) is 0. The summed E-state index contributed by atoms with van der Waals surface area (Å²) in [4.78, 5) is 22.2. The molecule has 1 rings (SSSR count). The van der Waals surface area contributed by atoms with Crippen molar-refractivity contribution in [1.82, 2.24) is 5.32 Å². The van der Waals surface area contributed by atoms with Gasteiger partial charge in [0.2, 0.25) is 5.91 Å². The predicted molar refractivity (Wildman–Crippen MR) is 159 cm³/mol. The molecule has 0 aliphatic carbocycles. The number of carbonyl (C=O) groups excluding carboxylic acids is 1. The van der Waals surface area contributed by atoms with Crippen LogP contribution in [0.2, 0.25) is 0 Å². The number of rotatable bonds is 32. The molecule has 1 atom stereocenters. The maximum absolute atomic E-state index is 11.8. The normalized spacial score (nSPS) is 15.0. The highest BCUT2D eigenvalue weighted by molar-refractivity contribution is 8.77. The molecule has 12 nitrogen and oxygen atoms in total. The second-order valence-electron chi connectivity index (χ2n) is 8.97. The summed E-state index contributed by atoms with van der Waals surface area (Å²) in [7, 11) is 3.96. The lowest BCUT2D eigenvalue weighted by Crippen LogP contribution is -2.27. The number of carboxylic acids is 1. The van der Waals surface area contributed by atoms with Crippen LogP contribution in [0.15, 0.2) is 0 Å². The van der Waals surface area contributed by atoms with Gasteiger partial charge in [-0.3, -0.25) is 9.59 Å². The van der Waals surface area contributed by atoms with E-state index in [1.165, 1.54) is 18.6 Å². The van der Waals surface area contributed by atoms with Gasteiger partial charge < -0.3 is 48.3 Å². The SMILES string of the molecule is O=C(O)CCOCCOCCOCCOCCOCCOCCOCCOCCNC(=O)CCCCC1CCSS1. The van der Waals surface area contributed by atoms with Crippen molar-refractivity contribution in [2.24, 2.45) is 0 Å². The predicted octanol–water partition coefficient (Wildman–Crippen LogP) is 2.42. The molecule has 2 N–H and O–H groups in total. The van der Waals surface area contributed by atoms with Crippen LogP contribution in [0.25, 0.3) is 0 Å². The van der Waals surface area contributed by atoms with Crippen molar-refractivity contribution in [2.45, 2.75) is 43.8 Å². The molecule has 0 saturated carbocycles. The highest BCUT2D eigenvalue weighted by atomic mass is 33.1. The van der Waals surface area contributed by atoms with Crippen LogP contribution in [0.5, 0.6) is 0 Å². The molecule has 41 heavy (non-hydrogen) atoms. The summed E-state index contributed by atoms with van der Waals surface area (Å²) in [5.74, 6) is 0.495. The first-order chi connectivity index (χ1) is 20.2. The van der Waals surface area contributed by atoms with Crippen molar-refractivity contribution in [3.63, 3.8) is 0 Å². The van der Waals surface area contributed by atoms with Crippen molar-refractivity contribution in [3.05, 3.63) is 0 Å². The number of carboxylic acid groups (broad SMARTS) is 1. The Balaban J connectivity index is 1.64. The van der Waals surface area contributed by atoms with Gasteiger partial charge in [0.25, 0.3) is 0 Å². The number of hydrogen-bond donors (Lipinski definition) is 2. The van der Waals surface area contributed by atoms with Gasteiger partial charge in [0.15, 0.2) is 0 Å². The van der Waals surface area contributed by atoms with Crippen molar-refractivity contribution in [2.75, 3.05) is 118 Å². The van der Waals surface area contributed by atoms with Gasteiger partial charge in [-0.25, -0.2) is 0 Å². The molecule has 1 fully saturated rings. The fraction of sp³-hybridized carbons (Fsp3) is 0.926.